The summed E-state index contributed by atoms with van der Waals surface area (Å²) in [6, 6.07) is 8.85. The van der Waals surface area contributed by atoms with Gasteiger partial charge in [-0.1, -0.05) is 51.1 Å². The van der Waals surface area contributed by atoms with Crippen LogP contribution in [0.1, 0.15) is 73.9 Å². The molecule has 0 bridgehead atoms. The van der Waals surface area contributed by atoms with E-state index in [0.29, 0.717) is 31.3 Å². The van der Waals surface area contributed by atoms with Gasteiger partial charge in [-0.3, -0.25) is 6.58 Å². The van der Waals surface area contributed by atoms with Crippen LogP contribution in [0.25, 0.3) is 0 Å². The summed E-state index contributed by atoms with van der Waals surface area (Å²) in [6.45, 7) is 28.5. The molecule has 2 rings (SSSR count). The summed E-state index contributed by atoms with van der Waals surface area (Å²) in [6.07, 6.45) is 5.23. The fourth-order valence-corrected chi connectivity index (χ4v) is 4.10. The third-order valence-electron chi connectivity index (χ3n) is 6.33. The molecule has 0 N–H and O–H groups in total. The molecule has 0 fully saturated rings. The van der Waals surface area contributed by atoms with Gasteiger partial charge in [0.25, 0.3) is 0 Å². The van der Waals surface area contributed by atoms with E-state index in [2.05, 4.69) is 108 Å². The van der Waals surface area contributed by atoms with Crippen LogP contribution < -0.4 is 9.47 Å². The second-order valence-electron chi connectivity index (χ2n) is 10.2. The molecule has 0 spiro atoms. The van der Waals surface area contributed by atoms with Gasteiger partial charge in [0.15, 0.2) is 0 Å². The maximum atomic E-state index is 11.7. The Bertz CT molecular complexity index is 1050. The van der Waals surface area contributed by atoms with Crippen molar-refractivity contribution in [3.05, 3.63) is 89.4 Å². The quantitative estimate of drug-likeness (QED) is 0.133. The molecular weight excluding hydrogens is 547 g/mol. The second-order valence-corrected chi connectivity index (χ2v) is 10.2. The summed E-state index contributed by atoms with van der Waals surface area (Å²) < 4.78 is 25.5. The van der Waals surface area contributed by atoms with Crippen molar-refractivity contribution in [3.63, 3.8) is 0 Å². The van der Waals surface area contributed by atoms with E-state index in [1.165, 1.54) is 11.1 Å². The number of ether oxygens (including phenoxy) is 3. The molecule has 225 valence electrons. The van der Waals surface area contributed by atoms with Gasteiger partial charge in [0.1, 0.15) is 11.5 Å². The van der Waals surface area contributed by atoms with Crippen LogP contribution in [-0.4, -0.2) is 25.8 Å². The van der Waals surface area contributed by atoms with E-state index < -0.39 is 0 Å². The number of carbonyl (C=O) groups excluding carboxylic acids is 1. The summed E-state index contributed by atoms with van der Waals surface area (Å²) >= 11 is 2.31. The van der Waals surface area contributed by atoms with Gasteiger partial charge in [-0.05, 0) is 80.8 Å². The normalized spacial score (nSPS) is 11.6. The van der Waals surface area contributed by atoms with E-state index in [4.69, 9.17) is 18.1 Å². The molecular formula is C34H48CoO5-2. The van der Waals surface area contributed by atoms with Crippen LogP contribution in [0.4, 0.5) is 0 Å². The SMILES string of the molecule is C=C(C)C(=O)OCC(CC)COc1c(C)cc(Cc2cc(C)c(OCC([CH2-])CC)c(C)c2)cc1C.C=[C-]C.[O]=[Co]. The Morgan fingerprint density at radius 3 is 1.62 bits per heavy atom. The van der Waals surface area contributed by atoms with Crippen molar-refractivity contribution < 1.29 is 38.5 Å². The number of hydrogen-bond donors (Lipinski definition) is 0. The molecule has 0 saturated carbocycles. The van der Waals surface area contributed by atoms with Crippen LogP contribution >= 0.6 is 0 Å². The Morgan fingerprint density at radius 1 is 0.875 bits per heavy atom. The summed E-state index contributed by atoms with van der Waals surface area (Å²) in [5.41, 5.74) is 7.49. The first-order valence-corrected chi connectivity index (χ1v) is 14.1. The Balaban J connectivity index is 0.00000284. The number of hydrogen-bond acceptors (Lipinski definition) is 5. The standard InChI is InChI=1S/C31H43O4.C3H5.Co.O/c1-10-21(5)17-33-29-22(6)12-27(13-23(29)7)16-28-14-24(8)30(25(9)15-28)34-18-26(11-2)19-35-31(32)20(3)4;1-3-2;;/h12-15,21,26H,3,5,10-11,16-19H2,1-2,4,6-9H3;1H2,2H3;;/q2*-1;;. The van der Waals surface area contributed by atoms with Crippen LogP contribution in [-0.2, 0) is 35.5 Å². The van der Waals surface area contributed by atoms with Gasteiger partial charge in [0, 0.05) is 11.5 Å². The molecule has 2 atom stereocenters. The van der Waals surface area contributed by atoms with Crippen LogP contribution in [0, 0.1) is 52.5 Å². The number of benzene rings is 2. The molecule has 2 aromatic rings. The molecule has 0 aromatic heterocycles. The first kappa shape index (κ1) is 37.3. The molecule has 0 aliphatic carbocycles. The third-order valence-corrected chi connectivity index (χ3v) is 6.33. The molecule has 2 aromatic carbocycles. The summed E-state index contributed by atoms with van der Waals surface area (Å²) in [4.78, 5) is 11.7. The number of esters is 1. The van der Waals surface area contributed by atoms with Gasteiger partial charge in [-0.15, -0.1) is 5.92 Å². The van der Waals surface area contributed by atoms with E-state index in [-0.39, 0.29) is 11.9 Å². The average Bonchev–Trinajstić information content (AvgIpc) is 2.90. The van der Waals surface area contributed by atoms with Crippen LogP contribution in [0.3, 0.4) is 0 Å². The number of rotatable bonds is 13. The number of allylic oxidation sites excluding steroid dienone is 1. The summed E-state index contributed by atoms with van der Waals surface area (Å²) in [7, 11) is 0. The Kier molecular flexibility index (Phi) is 18.8. The van der Waals surface area contributed by atoms with E-state index in [9.17, 15) is 4.79 Å². The predicted octanol–water partition coefficient (Wildman–Crippen LogP) is 8.15. The molecule has 0 aliphatic heterocycles. The second kappa shape index (κ2) is 20.2. The van der Waals surface area contributed by atoms with Gasteiger partial charge in [-0.25, -0.2) is 4.79 Å². The molecule has 40 heavy (non-hydrogen) atoms. The van der Waals surface area contributed by atoms with Crippen molar-refractivity contribution in [3.8, 4) is 11.5 Å². The van der Waals surface area contributed by atoms with E-state index in [1.807, 2.05) is 0 Å². The fraction of sp³-hybridized carbons (Fsp3) is 0.471. The van der Waals surface area contributed by atoms with E-state index >= 15 is 0 Å². The van der Waals surface area contributed by atoms with Crippen molar-refractivity contribution >= 4 is 5.97 Å². The third kappa shape index (κ3) is 13.1. The van der Waals surface area contributed by atoms with Gasteiger partial charge >= 0.3 is 25.5 Å². The zero-order chi connectivity index (χ0) is 30.8. The Morgan fingerprint density at radius 2 is 1.27 bits per heavy atom. The maximum absolute atomic E-state index is 11.7. The average molecular weight is 596 g/mol. The van der Waals surface area contributed by atoms with Crippen LogP contribution in [0.15, 0.2) is 43.0 Å². The van der Waals surface area contributed by atoms with Crippen LogP contribution in [0.5, 0.6) is 11.5 Å². The predicted molar refractivity (Wildman–Crippen MR) is 160 cm³/mol. The van der Waals surface area contributed by atoms with Gasteiger partial charge in [0.2, 0.25) is 0 Å². The molecule has 5 nitrogen and oxygen atoms in total. The molecule has 2 unspecified atom stereocenters. The minimum atomic E-state index is -0.349. The minimum absolute atomic E-state index is 0.138. The van der Waals surface area contributed by atoms with Gasteiger partial charge in [-0.2, -0.15) is 6.92 Å². The van der Waals surface area contributed by atoms with Crippen molar-refractivity contribution in [2.75, 3.05) is 19.8 Å². The van der Waals surface area contributed by atoms with E-state index in [0.717, 1.165) is 53.0 Å². The fourth-order valence-electron chi connectivity index (χ4n) is 4.10. The zero-order valence-corrected chi connectivity index (χ0v) is 26.7. The molecule has 0 heterocycles. The summed E-state index contributed by atoms with van der Waals surface area (Å²) in [5, 5.41) is 0. The van der Waals surface area contributed by atoms with Crippen molar-refractivity contribution in [1.29, 1.82) is 0 Å². The number of aryl methyl sites for hydroxylation is 4. The monoisotopic (exact) mass is 595 g/mol. The van der Waals surface area contributed by atoms with Crippen LogP contribution in [0.2, 0.25) is 0 Å². The first-order chi connectivity index (χ1) is 19.0. The summed E-state index contributed by atoms with van der Waals surface area (Å²) in [5.74, 6) is 1.98. The van der Waals surface area contributed by atoms with Gasteiger partial charge in [0.05, 0.1) is 19.8 Å². The molecule has 0 amide bonds. The molecule has 6 heteroatoms. The van der Waals surface area contributed by atoms with Gasteiger partial charge < -0.3 is 27.2 Å². The molecule has 0 radical (unpaired) electrons. The Labute approximate surface area is 251 Å². The topological polar surface area (TPSA) is 61.8 Å². The molecule has 0 saturated heterocycles. The molecule has 0 aliphatic rings. The zero-order valence-electron chi connectivity index (χ0n) is 25.7. The van der Waals surface area contributed by atoms with Crippen molar-refractivity contribution in [1.82, 2.24) is 0 Å². The van der Waals surface area contributed by atoms with Crippen molar-refractivity contribution in [2.24, 2.45) is 11.8 Å². The first-order valence-electron chi connectivity index (χ1n) is 13.7. The van der Waals surface area contributed by atoms with Crippen molar-refractivity contribution in [2.45, 2.75) is 74.7 Å². The Hall–Kier alpha value is -2.70. The van der Waals surface area contributed by atoms with E-state index in [1.54, 1.807) is 13.8 Å². The number of carbonyl (C=O) groups is 1.